The van der Waals surface area contributed by atoms with E-state index in [0.717, 1.165) is 44.4 Å². The maximum absolute atomic E-state index is 12.8. The van der Waals surface area contributed by atoms with Gasteiger partial charge in [-0.3, -0.25) is 4.79 Å². The van der Waals surface area contributed by atoms with Gasteiger partial charge in [-0.05, 0) is 56.5 Å². The Hall–Kier alpha value is -1.27. The lowest BCUT2D eigenvalue weighted by Crippen LogP contribution is -2.55. The minimum absolute atomic E-state index is 0. The van der Waals surface area contributed by atoms with Crippen LogP contribution in [0.15, 0.2) is 24.3 Å². The fraction of sp³-hybridized carbons (Fsp3) is 0.562. The van der Waals surface area contributed by atoms with E-state index in [4.69, 9.17) is 0 Å². The van der Waals surface area contributed by atoms with Crippen LogP contribution in [0.1, 0.15) is 31.2 Å². The first kappa shape index (κ1) is 18.1. The van der Waals surface area contributed by atoms with E-state index in [2.05, 4.69) is 5.32 Å². The molecule has 3 nitrogen and oxygen atoms in total. The fourth-order valence-corrected chi connectivity index (χ4v) is 3.51. The Balaban J connectivity index is 0.00000192. The standard InChI is InChI=1S/C16H19F3N2O.ClH/c17-16(18,19)12-3-5-13(6-4-12)21-10-2-8-15(14(21)22)7-1-9-20-11-15;/h3-6,20H,1-2,7-11H2;1H. The molecule has 1 spiro atoms. The molecule has 0 radical (unpaired) electrons. The van der Waals surface area contributed by atoms with E-state index in [1.54, 1.807) is 4.90 Å². The maximum Gasteiger partial charge on any atom is 0.416 e. The second kappa shape index (κ2) is 6.69. The van der Waals surface area contributed by atoms with Gasteiger partial charge in [0.2, 0.25) is 5.91 Å². The van der Waals surface area contributed by atoms with Crippen molar-refractivity contribution in [3.63, 3.8) is 0 Å². The highest BCUT2D eigenvalue weighted by Crippen LogP contribution is 2.39. The zero-order chi connectivity index (χ0) is 15.8. The lowest BCUT2D eigenvalue weighted by molar-refractivity contribution is -0.137. The monoisotopic (exact) mass is 348 g/mol. The van der Waals surface area contributed by atoms with Crippen molar-refractivity contribution < 1.29 is 18.0 Å². The molecule has 2 aliphatic rings. The zero-order valence-electron chi connectivity index (χ0n) is 12.7. The average Bonchev–Trinajstić information content (AvgIpc) is 2.51. The van der Waals surface area contributed by atoms with E-state index in [1.165, 1.54) is 12.1 Å². The number of carbonyl (C=O) groups is 1. The number of hydrogen-bond acceptors (Lipinski definition) is 2. The molecule has 2 aliphatic heterocycles. The third kappa shape index (κ3) is 3.48. The second-order valence-electron chi connectivity index (χ2n) is 6.17. The minimum Gasteiger partial charge on any atom is -0.316 e. The van der Waals surface area contributed by atoms with E-state index >= 15 is 0 Å². The molecule has 1 aromatic carbocycles. The van der Waals surface area contributed by atoms with Gasteiger partial charge in [-0.25, -0.2) is 0 Å². The van der Waals surface area contributed by atoms with Gasteiger partial charge in [0.05, 0.1) is 11.0 Å². The van der Waals surface area contributed by atoms with E-state index in [-0.39, 0.29) is 23.7 Å². The highest BCUT2D eigenvalue weighted by Gasteiger charge is 2.44. The third-order valence-corrected chi connectivity index (χ3v) is 4.71. The van der Waals surface area contributed by atoms with Crippen LogP contribution in [-0.4, -0.2) is 25.5 Å². The summed E-state index contributed by atoms with van der Waals surface area (Å²) in [6, 6.07) is 4.89. The van der Waals surface area contributed by atoms with Gasteiger partial charge in [0.25, 0.3) is 0 Å². The summed E-state index contributed by atoms with van der Waals surface area (Å²) in [7, 11) is 0. The molecular formula is C16H20ClF3N2O. The van der Waals surface area contributed by atoms with Gasteiger partial charge in [-0.2, -0.15) is 13.2 Å². The Morgan fingerprint density at radius 3 is 2.30 bits per heavy atom. The fourth-order valence-electron chi connectivity index (χ4n) is 3.51. The molecule has 3 rings (SSSR count). The van der Waals surface area contributed by atoms with Crippen molar-refractivity contribution >= 4 is 24.0 Å². The molecule has 2 saturated heterocycles. The first-order valence-corrected chi connectivity index (χ1v) is 7.62. The van der Waals surface area contributed by atoms with Crippen LogP contribution in [0.3, 0.4) is 0 Å². The number of benzene rings is 1. The molecule has 2 fully saturated rings. The maximum atomic E-state index is 12.8. The summed E-state index contributed by atoms with van der Waals surface area (Å²) in [5, 5.41) is 3.28. The van der Waals surface area contributed by atoms with Crippen molar-refractivity contribution in [3.05, 3.63) is 29.8 Å². The summed E-state index contributed by atoms with van der Waals surface area (Å²) in [4.78, 5) is 14.5. The first-order valence-electron chi connectivity index (χ1n) is 7.62. The summed E-state index contributed by atoms with van der Waals surface area (Å²) in [5.41, 5.74) is -0.503. The second-order valence-corrected chi connectivity index (χ2v) is 6.17. The van der Waals surface area contributed by atoms with Gasteiger partial charge in [-0.1, -0.05) is 0 Å². The lowest BCUT2D eigenvalue weighted by atomic mass is 9.73. The quantitative estimate of drug-likeness (QED) is 0.840. The van der Waals surface area contributed by atoms with Crippen molar-refractivity contribution in [2.45, 2.75) is 31.9 Å². The Bertz CT molecular complexity index is 548. The van der Waals surface area contributed by atoms with E-state index in [1.807, 2.05) is 0 Å². The van der Waals surface area contributed by atoms with Gasteiger partial charge in [0, 0.05) is 18.8 Å². The summed E-state index contributed by atoms with van der Waals surface area (Å²) in [5.74, 6) is 0.0470. The Labute approximate surface area is 139 Å². The number of nitrogens with one attached hydrogen (secondary N) is 1. The van der Waals surface area contributed by atoms with E-state index in [9.17, 15) is 18.0 Å². The number of anilines is 1. The number of amides is 1. The Morgan fingerprint density at radius 2 is 1.74 bits per heavy atom. The van der Waals surface area contributed by atoms with Crippen LogP contribution in [0.25, 0.3) is 0 Å². The Morgan fingerprint density at radius 1 is 1.09 bits per heavy atom. The van der Waals surface area contributed by atoms with Crippen molar-refractivity contribution in [2.75, 3.05) is 24.5 Å². The molecule has 7 heteroatoms. The zero-order valence-corrected chi connectivity index (χ0v) is 13.5. The van der Waals surface area contributed by atoms with Crippen LogP contribution >= 0.6 is 12.4 Å². The number of nitrogens with zero attached hydrogens (tertiary/aromatic N) is 1. The third-order valence-electron chi connectivity index (χ3n) is 4.71. The number of rotatable bonds is 1. The summed E-state index contributed by atoms with van der Waals surface area (Å²) in [6.07, 6.45) is -0.786. The summed E-state index contributed by atoms with van der Waals surface area (Å²) >= 11 is 0. The van der Waals surface area contributed by atoms with Gasteiger partial charge in [0.1, 0.15) is 0 Å². The summed E-state index contributed by atoms with van der Waals surface area (Å²) in [6.45, 7) is 2.17. The molecule has 0 saturated carbocycles. The summed E-state index contributed by atoms with van der Waals surface area (Å²) < 4.78 is 37.9. The lowest BCUT2D eigenvalue weighted by Gasteiger charge is -2.44. The molecule has 1 N–H and O–H groups in total. The molecule has 1 atom stereocenters. The van der Waals surface area contributed by atoms with Crippen LogP contribution in [0, 0.1) is 5.41 Å². The van der Waals surface area contributed by atoms with Gasteiger partial charge in [-0.15, -0.1) is 12.4 Å². The first-order chi connectivity index (χ1) is 10.4. The number of carbonyl (C=O) groups excluding carboxylic acids is 1. The van der Waals surface area contributed by atoms with Gasteiger partial charge in [0.15, 0.2) is 0 Å². The molecular weight excluding hydrogens is 329 g/mol. The van der Waals surface area contributed by atoms with E-state index in [0.29, 0.717) is 18.8 Å². The van der Waals surface area contributed by atoms with Crippen molar-refractivity contribution in [1.29, 1.82) is 0 Å². The SMILES string of the molecule is Cl.O=C1N(c2ccc(C(F)(F)F)cc2)CCCC12CCCNC2. The topological polar surface area (TPSA) is 32.3 Å². The number of halogens is 4. The van der Waals surface area contributed by atoms with Crippen LogP contribution in [0.2, 0.25) is 0 Å². The largest absolute Gasteiger partial charge is 0.416 e. The molecule has 23 heavy (non-hydrogen) atoms. The highest BCUT2D eigenvalue weighted by atomic mass is 35.5. The van der Waals surface area contributed by atoms with Crippen LogP contribution in [-0.2, 0) is 11.0 Å². The molecule has 0 bridgehead atoms. The molecule has 128 valence electrons. The number of hydrogen-bond donors (Lipinski definition) is 1. The minimum atomic E-state index is -4.35. The predicted octanol–water partition coefficient (Wildman–Crippen LogP) is 3.62. The number of piperidine rings is 2. The van der Waals surface area contributed by atoms with Gasteiger partial charge >= 0.3 is 6.18 Å². The normalized spacial score (nSPS) is 25.3. The van der Waals surface area contributed by atoms with E-state index < -0.39 is 11.7 Å². The molecule has 2 heterocycles. The molecule has 1 unspecified atom stereocenters. The average molecular weight is 349 g/mol. The van der Waals surface area contributed by atoms with Crippen molar-refractivity contribution in [1.82, 2.24) is 5.32 Å². The van der Waals surface area contributed by atoms with Crippen LogP contribution < -0.4 is 10.2 Å². The predicted molar refractivity (Wildman–Crippen MR) is 84.8 cm³/mol. The van der Waals surface area contributed by atoms with Crippen molar-refractivity contribution in [3.8, 4) is 0 Å². The highest BCUT2D eigenvalue weighted by molar-refractivity contribution is 5.98. The Kier molecular flexibility index (Phi) is 5.26. The van der Waals surface area contributed by atoms with Gasteiger partial charge < -0.3 is 10.2 Å². The molecule has 1 aromatic rings. The molecule has 1 amide bonds. The van der Waals surface area contributed by atoms with Crippen LogP contribution in [0.4, 0.5) is 18.9 Å². The molecule has 0 aliphatic carbocycles. The van der Waals surface area contributed by atoms with Crippen LogP contribution in [0.5, 0.6) is 0 Å². The molecule has 0 aromatic heterocycles. The smallest absolute Gasteiger partial charge is 0.316 e. The number of alkyl halides is 3. The van der Waals surface area contributed by atoms with Crippen molar-refractivity contribution in [2.24, 2.45) is 5.41 Å².